The van der Waals surface area contributed by atoms with Crippen LogP contribution in [0.4, 0.5) is 0 Å². The van der Waals surface area contributed by atoms with Crippen molar-refractivity contribution < 1.29 is 4.79 Å². The van der Waals surface area contributed by atoms with Crippen molar-refractivity contribution >= 4 is 5.91 Å². The highest BCUT2D eigenvalue weighted by Gasteiger charge is 1.95. The third kappa shape index (κ3) is 7.53. The lowest BCUT2D eigenvalue weighted by atomic mass is 10.2. The molecular formula is C10H20N2O. The van der Waals surface area contributed by atoms with Gasteiger partial charge in [-0.15, -0.1) is 0 Å². The number of amides is 1. The van der Waals surface area contributed by atoms with Gasteiger partial charge in [0.1, 0.15) is 0 Å². The molecule has 0 aromatic rings. The Morgan fingerprint density at radius 1 is 1.54 bits per heavy atom. The van der Waals surface area contributed by atoms with E-state index in [4.69, 9.17) is 5.73 Å². The zero-order chi connectivity index (χ0) is 10.3. The SMILES string of the molecule is CC(=CCCCNC(C)C)C(N)=O. The predicted octanol–water partition coefficient (Wildman–Crippen LogP) is 1.20. The number of carbonyl (C=O) groups excluding carboxylic acids is 1. The Hall–Kier alpha value is -0.830. The number of rotatable bonds is 6. The van der Waals surface area contributed by atoms with E-state index in [-0.39, 0.29) is 5.91 Å². The van der Waals surface area contributed by atoms with E-state index < -0.39 is 0 Å². The maximum atomic E-state index is 10.6. The Balaban J connectivity index is 3.45. The lowest BCUT2D eigenvalue weighted by molar-refractivity contribution is -0.114. The van der Waals surface area contributed by atoms with Gasteiger partial charge < -0.3 is 11.1 Å². The van der Waals surface area contributed by atoms with E-state index in [9.17, 15) is 4.79 Å². The van der Waals surface area contributed by atoms with Gasteiger partial charge >= 0.3 is 0 Å². The second-order valence-electron chi connectivity index (χ2n) is 3.50. The Bertz CT molecular complexity index is 185. The van der Waals surface area contributed by atoms with Crippen LogP contribution in [-0.4, -0.2) is 18.5 Å². The Labute approximate surface area is 80.4 Å². The fourth-order valence-electron chi connectivity index (χ4n) is 0.912. The van der Waals surface area contributed by atoms with Gasteiger partial charge in [-0.1, -0.05) is 19.9 Å². The summed E-state index contributed by atoms with van der Waals surface area (Å²) in [7, 11) is 0. The summed E-state index contributed by atoms with van der Waals surface area (Å²) in [6.45, 7) is 6.97. The van der Waals surface area contributed by atoms with E-state index in [0.717, 1.165) is 19.4 Å². The summed E-state index contributed by atoms with van der Waals surface area (Å²) in [4.78, 5) is 10.6. The molecule has 0 unspecified atom stereocenters. The van der Waals surface area contributed by atoms with E-state index >= 15 is 0 Å². The van der Waals surface area contributed by atoms with Crippen LogP contribution < -0.4 is 11.1 Å². The van der Waals surface area contributed by atoms with Crippen LogP contribution in [0.25, 0.3) is 0 Å². The number of hydrogen-bond donors (Lipinski definition) is 2. The average molecular weight is 184 g/mol. The first-order valence-corrected chi connectivity index (χ1v) is 4.74. The normalized spacial score (nSPS) is 12.2. The summed E-state index contributed by atoms with van der Waals surface area (Å²) in [5, 5.41) is 3.30. The van der Waals surface area contributed by atoms with Crippen LogP contribution >= 0.6 is 0 Å². The molecule has 0 saturated carbocycles. The highest BCUT2D eigenvalue weighted by atomic mass is 16.1. The van der Waals surface area contributed by atoms with Gasteiger partial charge in [-0.2, -0.15) is 0 Å². The summed E-state index contributed by atoms with van der Waals surface area (Å²) in [6, 6.07) is 0.529. The summed E-state index contributed by atoms with van der Waals surface area (Å²) in [5.41, 5.74) is 5.73. The summed E-state index contributed by atoms with van der Waals surface area (Å²) in [5.74, 6) is -0.322. The molecule has 3 nitrogen and oxygen atoms in total. The van der Waals surface area contributed by atoms with Crippen LogP contribution in [0.1, 0.15) is 33.6 Å². The number of hydrogen-bond acceptors (Lipinski definition) is 2. The van der Waals surface area contributed by atoms with E-state index in [0.29, 0.717) is 11.6 Å². The van der Waals surface area contributed by atoms with Crippen molar-refractivity contribution in [2.24, 2.45) is 5.73 Å². The standard InChI is InChI=1S/C10H20N2O/c1-8(2)12-7-5-4-6-9(3)10(11)13/h6,8,12H,4-5,7H2,1-3H3,(H2,11,13). The molecule has 3 N–H and O–H groups in total. The topological polar surface area (TPSA) is 55.1 Å². The van der Waals surface area contributed by atoms with Crippen LogP contribution in [0.3, 0.4) is 0 Å². The molecule has 0 heterocycles. The minimum absolute atomic E-state index is 0.322. The Kier molecular flexibility index (Phi) is 6.24. The number of carbonyl (C=O) groups is 1. The van der Waals surface area contributed by atoms with Gasteiger partial charge in [-0.3, -0.25) is 4.79 Å². The molecule has 0 radical (unpaired) electrons. The maximum Gasteiger partial charge on any atom is 0.244 e. The second-order valence-corrected chi connectivity index (χ2v) is 3.50. The van der Waals surface area contributed by atoms with Crippen LogP contribution in [0.15, 0.2) is 11.6 Å². The maximum absolute atomic E-state index is 10.6. The molecule has 3 heteroatoms. The largest absolute Gasteiger partial charge is 0.366 e. The summed E-state index contributed by atoms with van der Waals surface area (Å²) >= 11 is 0. The number of primary amides is 1. The van der Waals surface area contributed by atoms with E-state index in [1.807, 2.05) is 6.08 Å². The molecular weight excluding hydrogens is 164 g/mol. The predicted molar refractivity (Wildman–Crippen MR) is 55.3 cm³/mol. The van der Waals surface area contributed by atoms with E-state index in [1.54, 1.807) is 6.92 Å². The molecule has 13 heavy (non-hydrogen) atoms. The van der Waals surface area contributed by atoms with Gasteiger partial charge in [0.2, 0.25) is 5.91 Å². The van der Waals surface area contributed by atoms with Crippen molar-refractivity contribution in [3.8, 4) is 0 Å². The molecule has 0 aliphatic carbocycles. The highest BCUT2D eigenvalue weighted by molar-refractivity contribution is 5.91. The minimum Gasteiger partial charge on any atom is -0.366 e. The molecule has 0 fully saturated rings. The quantitative estimate of drug-likeness (QED) is 0.481. The molecule has 76 valence electrons. The first-order chi connectivity index (χ1) is 6.04. The van der Waals surface area contributed by atoms with Crippen molar-refractivity contribution in [1.29, 1.82) is 0 Å². The van der Waals surface area contributed by atoms with Crippen molar-refractivity contribution in [2.45, 2.75) is 39.7 Å². The molecule has 0 aromatic heterocycles. The van der Waals surface area contributed by atoms with Crippen molar-refractivity contribution in [2.75, 3.05) is 6.54 Å². The minimum atomic E-state index is -0.322. The molecule has 0 saturated heterocycles. The Morgan fingerprint density at radius 2 is 2.15 bits per heavy atom. The first kappa shape index (κ1) is 12.2. The zero-order valence-corrected chi connectivity index (χ0v) is 8.76. The highest BCUT2D eigenvalue weighted by Crippen LogP contribution is 1.96. The van der Waals surface area contributed by atoms with E-state index in [1.165, 1.54) is 0 Å². The number of nitrogens with two attached hydrogens (primary N) is 1. The van der Waals surface area contributed by atoms with Gasteiger partial charge in [0.25, 0.3) is 0 Å². The Morgan fingerprint density at radius 3 is 2.62 bits per heavy atom. The number of unbranched alkanes of at least 4 members (excludes halogenated alkanes) is 1. The van der Waals surface area contributed by atoms with Crippen LogP contribution in [-0.2, 0) is 4.79 Å². The smallest absolute Gasteiger partial charge is 0.244 e. The molecule has 1 amide bonds. The average Bonchev–Trinajstić information content (AvgIpc) is 2.02. The molecule has 0 rings (SSSR count). The number of allylic oxidation sites excluding steroid dienone is 1. The van der Waals surface area contributed by atoms with Crippen LogP contribution in [0, 0.1) is 0 Å². The molecule has 0 atom stereocenters. The summed E-state index contributed by atoms with van der Waals surface area (Å²) < 4.78 is 0. The number of nitrogens with one attached hydrogen (secondary N) is 1. The van der Waals surface area contributed by atoms with Gasteiger partial charge in [-0.05, 0) is 26.3 Å². The lowest BCUT2D eigenvalue weighted by Crippen LogP contribution is -2.23. The molecule has 0 aliphatic rings. The van der Waals surface area contributed by atoms with Crippen molar-refractivity contribution in [3.05, 3.63) is 11.6 Å². The van der Waals surface area contributed by atoms with Crippen molar-refractivity contribution in [1.82, 2.24) is 5.32 Å². The zero-order valence-electron chi connectivity index (χ0n) is 8.76. The van der Waals surface area contributed by atoms with E-state index in [2.05, 4.69) is 19.2 Å². The fourth-order valence-corrected chi connectivity index (χ4v) is 0.912. The van der Waals surface area contributed by atoms with Gasteiger partial charge in [-0.25, -0.2) is 0 Å². The fraction of sp³-hybridized carbons (Fsp3) is 0.700. The van der Waals surface area contributed by atoms with Crippen LogP contribution in [0.2, 0.25) is 0 Å². The monoisotopic (exact) mass is 184 g/mol. The van der Waals surface area contributed by atoms with Crippen LogP contribution in [0.5, 0.6) is 0 Å². The molecule has 0 aliphatic heterocycles. The third-order valence-electron chi connectivity index (χ3n) is 1.77. The molecule has 0 spiro atoms. The molecule has 0 bridgehead atoms. The first-order valence-electron chi connectivity index (χ1n) is 4.74. The van der Waals surface area contributed by atoms with Gasteiger partial charge in [0.15, 0.2) is 0 Å². The van der Waals surface area contributed by atoms with Crippen molar-refractivity contribution in [3.63, 3.8) is 0 Å². The van der Waals surface area contributed by atoms with Gasteiger partial charge in [0, 0.05) is 11.6 Å². The second kappa shape index (κ2) is 6.66. The van der Waals surface area contributed by atoms with Gasteiger partial charge in [0.05, 0.1) is 0 Å². The molecule has 0 aromatic carbocycles. The third-order valence-corrected chi connectivity index (χ3v) is 1.77. The lowest BCUT2D eigenvalue weighted by Gasteiger charge is -2.05. The summed E-state index contributed by atoms with van der Waals surface area (Å²) in [6.07, 6.45) is 3.85.